The number of aromatic nitrogens is 2. The summed E-state index contributed by atoms with van der Waals surface area (Å²) in [5.74, 6) is 0.321. The molecule has 1 unspecified atom stereocenters. The Morgan fingerprint density at radius 3 is 2.50 bits per heavy atom. The molecular weight excluding hydrogens is 206 g/mol. The van der Waals surface area contributed by atoms with Crippen molar-refractivity contribution in [3.8, 4) is 0 Å². The highest BCUT2D eigenvalue weighted by molar-refractivity contribution is 5.86. The molecule has 0 spiro atoms. The van der Waals surface area contributed by atoms with E-state index < -0.39 is 5.97 Å². The van der Waals surface area contributed by atoms with Crippen LogP contribution in [0.2, 0.25) is 0 Å². The standard InChI is InChI=1S/C11H15N3O2/c1-7(8-3-4-8)14(2)11-12-5-9(6-13-11)10(15)16/h5-8H,3-4H2,1-2H3,(H,15,16). The zero-order chi connectivity index (χ0) is 11.7. The molecule has 1 aromatic heterocycles. The van der Waals surface area contributed by atoms with Crippen molar-refractivity contribution in [3.63, 3.8) is 0 Å². The van der Waals surface area contributed by atoms with Crippen molar-refractivity contribution in [3.05, 3.63) is 18.0 Å². The number of carbonyl (C=O) groups is 1. The number of rotatable bonds is 4. The van der Waals surface area contributed by atoms with Gasteiger partial charge in [0.2, 0.25) is 5.95 Å². The van der Waals surface area contributed by atoms with Crippen molar-refractivity contribution in [1.82, 2.24) is 9.97 Å². The smallest absolute Gasteiger partial charge is 0.338 e. The van der Waals surface area contributed by atoms with Crippen molar-refractivity contribution in [1.29, 1.82) is 0 Å². The Morgan fingerprint density at radius 1 is 1.50 bits per heavy atom. The molecule has 1 aliphatic rings. The summed E-state index contributed by atoms with van der Waals surface area (Å²) >= 11 is 0. The van der Waals surface area contributed by atoms with Crippen LogP contribution in [-0.4, -0.2) is 34.1 Å². The van der Waals surface area contributed by atoms with Gasteiger partial charge >= 0.3 is 5.97 Å². The summed E-state index contributed by atoms with van der Waals surface area (Å²) < 4.78 is 0. The first-order valence-corrected chi connectivity index (χ1v) is 5.37. The predicted molar refractivity (Wildman–Crippen MR) is 59.6 cm³/mol. The molecule has 1 heterocycles. The quantitative estimate of drug-likeness (QED) is 0.832. The van der Waals surface area contributed by atoms with Gasteiger partial charge in [-0.3, -0.25) is 0 Å². The fraction of sp³-hybridized carbons (Fsp3) is 0.545. The van der Waals surface area contributed by atoms with Gasteiger partial charge in [-0.05, 0) is 25.7 Å². The molecule has 1 aliphatic carbocycles. The Labute approximate surface area is 94.1 Å². The number of hydrogen-bond acceptors (Lipinski definition) is 4. The predicted octanol–water partition coefficient (Wildman–Crippen LogP) is 1.41. The zero-order valence-corrected chi connectivity index (χ0v) is 9.42. The van der Waals surface area contributed by atoms with Gasteiger partial charge in [0.15, 0.2) is 0 Å². The minimum Gasteiger partial charge on any atom is -0.478 e. The lowest BCUT2D eigenvalue weighted by Crippen LogP contribution is -2.32. The van der Waals surface area contributed by atoms with E-state index >= 15 is 0 Å². The first kappa shape index (κ1) is 10.9. The maximum atomic E-state index is 10.6. The summed E-state index contributed by atoms with van der Waals surface area (Å²) in [5.41, 5.74) is 0.122. The van der Waals surface area contributed by atoms with E-state index in [0.29, 0.717) is 12.0 Å². The van der Waals surface area contributed by atoms with Gasteiger partial charge in [-0.2, -0.15) is 0 Å². The van der Waals surface area contributed by atoms with Crippen molar-refractivity contribution in [2.45, 2.75) is 25.8 Å². The van der Waals surface area contributed by atoms with Crippen molar-refractivity contribution >= 4 is 11.9 Å². The van der Waals surface area contributed by atoms with E-state index in [1.807, 2.05) is 11.9 Å². The number of anilines is 1. The second-order valence-corrected chi connectivity index (χ2v) is 4.27. The Bertz CT molecular complexity index is 387. The average molecular weight is 221 g/mol. The SMILES string of the molecule is CC(C1CC1)N(C)c1ncc(C(=O)O)cn1. The van der Waals surface area contributed by atoms with Crippen LogP contribution in [0.3, 0.4) is 0 Å². The van der Waals surface area contributed by atoms with Gasteiger partial charge in [-0.25, -0.2) is 14.8 Å². The summed E-state index contributed by atoms with van der Waals surface area (Å²) in [7, 11) is 1.94. The number of aromatic carboxylic acids is 1. The number of nitrogens with zero attached hydrogens (tertiary/aromatic N) is 3. The van der Waals surface area contributed by atoms with E-state index in [9.17, 15) is 4.79 Å². The molecule has 1 aromatic rings. The molecule has 1 saturated carbocycles. The minimum absolute atomic E-state index is 0.122. The lowest BCUT2D eigenvalue weighted by Gasteiger charge is -2.24. The lowest BCUT2D eigenvalue weighted by atomic mass is 10.2. The average Bonchev–Trinajstić information content (AvgIpc) is 3.11. The molecule has 16 heavy (non-hydrogen) atoms. The van der Waals surface area contributed by atoms with Crippen LogP contribution in [0, 0.1) is 5.92 Å². The second-order valence-electron chi connectivity index (χ2n) is 4.27. The van der Waals surface area contributed by atoms with Crippen LogP contribution in [0.5, 0.6) is 0 Å². The van der Waals surface area contributed by atoms with Crippen LogP contribution < -0.4 is 4.90 Å². The van der Waals surface area contributed by atoms with Gasteiger partial charge in [-0.15, -0.1) is 0 Å². The third kappa shape index (κ3) is 2.13. The highest BCUT2D eigenvalue weighted by Crippen LogP contribution is 2.35. The molecule has 5 heteroatoms. The van der Waals surface area contributed by atoms with Gasteiger partial charge in [0.25, 0.3) is 0 Å². The molecule has 0 saturated heterocycles. The largest absolute Gasteiger partial charge is 0.478 e. The van der Waals surface area contributed by atoms with Crippen LogP contribution in [0.4, 0.5) is 5.95 Å². The Balaban J connectivity index is 2.11. The molecule has 0 aliphatic heterocycles. The van der Waals surface area contributed by atoms with Crippen molar-refractivity contribution in [2.24, 2.45) is 5.92 Å². The molecule has 0 aromatic carbocycles. The summed E-state index contributed by atoms with van der Waals surface area (Å²) in [5, 5.41) is 8.73. The lowest BCUT2D eigenvalue weighted by molar-refractivity contribution is 0.0696. The molecule has 2 rings (SSSR count). The summed E-state index contributed by atoms with van der Waals surface area (Å²) in [6.07, 6.45) is 5.22. The summed E-state index contributed by atoms with van der Waals surface area (Å²) in [4.78, 5) is 20.8. The third-order valence-corrected chi connectivity index (χ3v) is 3.12. The van der Waals surface area contributed by atoms with Gasteiger partial charge in [0.1, 0.15) is 0 Å². The van der Waals surface area contributed by atoms with Crippen LogP contribution in [0.15, 0.2) is 12.4 Å². The van der Waals surface area contributed by atoms with Gasteiger partial charge < -0.3 is 10.0 Å². The first-order chi connectivity index (χ1) is 7.59. The van der Waals surface area contributed by atoms with E-state index in [4.69, 9.17) is 5.11 Å². The second kappa shape index (κ2) is 4.08. The first-order valence-electron chi connectivity index (χ1n) is 5.37. The molecule has 5 nitrogen and oxygen atoms in total. The minimum atomic E-state index is -0.996. The third-order valence-electron chi connectivity index (χ3n) is 3.12. The molecule has 1 atom stereocenters. The Hall–Kier alpha value is -1.65. The summed E-state index contributed by atoms with van der Waals surface area (Å²) in [6, 6.07) is 0.413. The van der Waals surface area contributed by atoms with Crippen molar-refractivity contribution in [2.75, 3.05) is 11.9 Å². The fourth-order valence-corrected chi connectivity index (χ4v) is 1.69. The Kier molecular flexibility index (Phi) is 2.77. The van der Waals surface area contributed by atoms with E-state index in [-0.39, 0.29) is 5.56 Å². The van der Waals surface area contributed by atoms with E-state index in [2.05, 4.69) is 16.9 Å². The molecule has 1 fully saturated rings. The van der Waals surface area contributed by atoms with Crippen LogP contribution >= 0.6 is 0 Å². The molecule has 86 valence electrons. The monoisotopic (exact) mass is 221 g/mol. The Morgan fingerprint density at radius 2 is 2.06 bits per heavy atom. The van der Waals surface area contributed by atoms with E-state index in [1.54, 1.807) is 0 Å². The number of hydrogen-bond donors (Lipinski definition) is 1. The highest BCUT2D eigenvalue weighted by Gasteiger charge is 2.31. The molecule has 0 radical (unpaired) electrons. The highest BCUT2D eigenvalue weighted by atomic mass is 16.4. The van der Waals surface area contributed by atoms with Crippen LogP contribution in [0.25, 0.3) is 0 Å². The van der Waals surface area contributed by atoms with Crippen molar-refractivity contribution < 1.29 is 9.90 Å². The van der Waals surface area contributed by atoms with Crippen LogP contribution in [-0.2, 0) is 0 Å². The van der Waals surface area contributed by atoms with Gasteiger partial charge in [0, 0.05) is 25.5 Å². The van der Waals surface area contributed by atoms with Gasteiger partial charge in [-0.1, -0.05) is 0 Å². The van der Waals surface area contributed by atoms with Crippen LogP contribution in [0.1, 0.15) is 30.1 Å². The summed E-state index contributed by atoms with van der Waals surface area (Å²) in [6.45, 7) is 2.14. The molecule has 0 bridgehead atoms. The van der Waals surface area contributed by atoms with Gasteiger partial charge in [0.05, 0.1) is 5.56 Å². The fourth-order valence-electron chi connectivity index (χ4n) is 1.69. The molecule has 0 amide bonds. The van der Waals surface area contributed by atoms with E-state index in [0.717, 1.165) is 5.92 Å². The maximum absolute atomic E-state index is 10.6. The molecule has 1 N–H and O–H groups in total. The number of carboxylic acids is 1. The normalized spacial score (nSPS) is 16.9. The van der Waals surface area contributed by atoms with E-state index in [1.165, 1.54) is 25.2 Å². The zero-order valence-electron chi connectivity index (χ0n) is 9.42. The molecular formula is C11H15N3O2. The topological polar surface area (TPSA) is 66.3 Å². The number of carboxylic acid groups (broad SMARTS) is 1. The maximum Gasteiger partial charge on any atom is 0.338 e.